The first-order valence-corrected chi connectivity index (χ1v) is 10.4. The lowest BCUT2D eigenvalue weighted by Crippen LogP contribution is -2.55. The van der Waals surface area contributed by atoms with Gasteiger partial charge >= 0.3 is 0 Å². The smallest absolute Gasteiger partial charge is 0.168 e. The summed E-state index contributed by atoms with van der Waals surface area (Å²) in [5.74, 6) is 0.688. The highest BCUT2D eigenvalue weighted by Crippen LogP contribution is 2.68. The summed E-state index contributed by atoms with van der Waals surface area (Å²) < 4.78 is 5.87. The fourth-order valence-corrected chi connectivity index (χ4v) is 7.33. The topological polar surface area (TPSA) is 49.7 Å². The summed E-state index contributed by atoms with van der Waals surface area (Å²) >= 11 is 0. The predicted octanol–water partition coefficient (Wildman–Crippen LogP) is 4.43. The third-order valence-corrected chi connectivity index (χ3v) is 8.78. The van der Waals surface area contributed by atoms with E-state index in [1.165, 1.54) is 12.0 Å². The second-order valence-electron chi connectivity index (χ2n) is 10.2. The molecule has 7 unspecified atom stereocenters. The Morgan fingerprint density at radius 3 is 2.52 bits per heavy atom. The average molecular weight is 349 g/mol. The maximum atomic E-state index is 11.1. The Bertz CT molecular complexity index is 582. The number of hydrogen-bond donors (Lipinski definition) is 2. The molecule has 3 heteroatoms. The van der Waals surface area contributed by atoms with Gasteiger partial charge in [0.15, 0.2) is 5.79 Å². The molecule has 0 aromatic rings. The van der Waals surface area contributed by atoms with Crippen molar-refractivity contribution < 1.29 is 14.9 Å². The van der Waals surface area contributed by atoms with E-state index in [0.717, 1.165) is 44.9 Å². The lowest BCUT2D eigenvalue weighted by atomic mass is 9.46. The molecule has 4 aliphatic rings. The van der Waals surface area contributed by atoms with Crippen LogP contribution in [0, 0.1) is 28.6 Å². The zero-order valence-corrected chi connectivity index (χ0v) is 16.5. The fourth-order valence-electron chi connectivity index (χ4n) is 7.33. The van der Waals surface area contributed by atoms with Crippen molar-refractivity contribution in [2.75, 3.05) is 6.61 Å². The number of hydrogen-bond acceptors (Lipinski definition) is 3. The first kappa shape index (κ1) is 18.0. The van der Waals surface area contributed by atoms with Gasteiger partial charge in [-0.3, -0.25) is 0 Å². The van der Waals surface area contributed by atoms with Crippen LogP contribution in [0.3, 0.4) is 0 Å². The van der Waals surface area contributed by atoms with Gasteiger partial charge < -0.3 is 14.9 Å². The molecule has 0 aromatic heterocycles. The molecule has 142 valence electrons. The molecule has 0 aromatic carbocycles. The largest absolute Gasteiger partial charge is 0.390 e. The molecule has 0 radical (unpaired) electrons. The molecule has 3 fully saturated rings. The van der Waals surface area contributed by atoms with Crippen LogP contribution in [-0.4, -0.2) is 28.2 Å². The van der Waals surface area contributed by atoms with E-state index >= 15 is 0 Å². The van der Waals surface area contributed by atoms with Gasteiger partial charge in [-0.2, -0.15) is 0 Å². The minimum atomic E-state index is -0.907. The van der Waals surface area contributed by atoms with Gasteiger partial charge in [0.05, 0.1) is 5.60 Å². The summed E-state index contributed by atoms with van der Waals surface area (Å²) in [5, 5.41) is 21.7. The molecule has 25 heavy (non-hydrogen) atoms. The Labute approximate surface area is 152 Å². The van der Waals surface area contributed by atoms with Crippen molar-refractivity contribution in [1.29, 1.82) is 0 Å². The molecular formula is C22H36O3. The summed E-state index contributed by atoms with van der Waals surface area (Å²) in [7, 11) is 0. The maximum absolute atomic E-state index is 11.1. The molecule has 0 bridgehead atoms. The third-order valence-electron chi connectivity index (χ3n) is 8.78. The van der Waals surface area contributed by atoms with Gasteiger partial charge in [0, 0.05) is 18.9 Å². The standard InChI is InChI=1S/C22H36O3/c1-5-25-22(24)13-12-21(4)17-7-6-15-14-19(2,23)10-11-20(15,3)16(17)8-9-18(21)22/h6,16-18,23-24H,5,7-14H2,1-4H3. The molecule has 0 heterocycles. The summed E-state index contributed by atoms with van der Waals surface area (Å²) in [5.41, 5.74) is 1.40. The van der Waals surface area contributed by atoms with E-state index in [4.69, 9.17) is 4.74 Å². The van der Waals surface area contributed by atoms with Crippen LogP contribution in [0.1, 0.15) is 79.1 Å². The first-order chi connectivity index (χ1) is 11.6. The molecule has 7 atom stereocenters. The molecule has 2 N–H and O–H groups in total. The Kier molecular flexibility index (Phi) is 4.00. The van der Waals surface area contributed by atoms with Crippen molar-refractivity contribution in [3.63, 3.8) is 0 Å². The molecule has 3 nitrogen and oxygen atoms in total. The number of aliphatic hydroxyl groups is 2. The van der Waals surface area contributed by atoms with Crippen LogP contribution in [0.5, 0.6) is 0 Å². The van der Waals surface area contributed by atoms with Crippen LogP contribution in [0.2, 0.25) is 0 Å². The number of rotatable bonds is 2. The highest BCUT2D eigenvalue weighted by atomic mass is 16.6. The lowest BCUT2D eigenvalue weighted by Gasteiger charge is -2.60. The Morgan fingerprint density at radius 2 is 1.80 bits per heavy atom. The number of ether oxygens (including phenoxy) is 1. The summed E-state index contributed by atoms with van der Waals surface area (Å²) in [6, 6.07) is 0. The molecule has 0 aliphatic heterocycles. The highest BCUT2D eigenvalue weighted by molar-refractivity contribution is 5.27. The third kappa shape index (κ3) is 2.49. The van der Waals surface area contributed by atoms with E-state index in [-0.39, 0.29) is 16.7 Å². The lowest BCUT2D eigenvalue weighted by molar-refractivity contribution is -0.246. The molecule has 4 rings (SSSR count). The molecule has 3 saturated carbocycles. The predicted molar refractivity (Wildman–Crippen MR) is 98.9 cm³/mol. The average Bonchev–Trinajstić information content (AvgIpc) is 2.80. The van der Waals surface area contributed by atoms with E-state index in [9.17, 15) is 10.2 Å². The van der Waals surface area contributed by atoms with Crippen molar-refractivity contribution in [1.82, 2.24) is 0 Å². The Morgan fingerprint density at radius 1 is 1.04 bits per heavy atom. The summed E-state index contributed by atoms with van der Waals surface area (Å²) in [6.07, 6.45) is 10.6. The van der Waals surface area contributed by atoms with Gasteiger partial charge in [-0.05, 0) is 81.5 Å². The van der Waals surface area contributed by atoms with Crippen molar-refractivity contribution in [2.45, 2.75) is 90.4 Å². The Balaban J connectivity index is 1.66. The van der Waals surface area contributed by atoms with Gasteiger partial charge in [-0.15, -0.1) is 0 Å². The molecule has 0 saturated heterocycles. The van der Waals surface area contributed by atoms with Crippen LogP contribution in [0.25, 0.3) is 0 Å². The zero-order valence-electron chi connectivity index (χ0n) is 16.5. The summed E-state index contributed by atoms with van der Waals surface area (Å²) in [4.78, 5) is 0. The van der Waals surface area contributed by atoms with Crippen molar-refractivity contribution in [3.8, 4) is 0 Å². The highest BCUT2D eigenvalue weighted by Gasteiger charge is 2.64. The van der Waals surface area contributed by atoms with Gasteiger partial charge in [-0.25, -0.2) is 0 Å². The molecule has 0 spiro atoms. The van der Waals surface area contributed by atoms with E-state index < -0.39 is 11.4 Å². The number of allylic oxidation sites excluding steroid dienone is 1. The SMILES string of the molecule is CCOC1(O)CCC2(C)C3CC=C4CC(C)(O)CCC4(C)C3CCC12. The molecule has 4 aliphatic carbocycles. The van der Waals surface area contributed by atoms with Gasteiger partial charge in [0.2, 0.25) is 0 Å². The van der Waals surface area contributed by atoms with Crippen molar-refractivity contribution >= 4 is 0 Å². The van der Waals surface area contributed by atoms with E-state index in [2.05, 4.69) is 19.9 Å². The van der Waals surface area contributed by atoms with Crippen LogP contribution in [0.4, 0.5) is 0 Å². The van der Waals surface area contributed by atoms with Gasteiger partial charge in [-0.1, -0.05) is 25.5 Å². The Hall–Kier alpha value is -0.380. The fraction of sp³-hybridized carbons (Fsp3) is 0.909. The minimum absolute atomic E-state index is 0.178. The second kappa shape index (κ2) is 5.56. The monoisotopic (exact) mass is 348 g/mol. The normalized spacial score (nSPS) is 55.1. The van der Waals surface area contributed by atoms with Crippen LogP contribution < -0.4 is 0 Å². The van der Waals surface area contributed by atoms with Crippen molar-refractivity contribution in [2.24, 2.45) is 28.6 Å². The quantitative estimate of drug-likeness (QED) is 0.573. The minimum Gasteiger partial charge on any atom is -0.390 e. The van der Waals surface area contributed by atoms with Gasteiger partial charge in [0.1, 0.15) is 0 Å². The van der Waals surface area contributed by atoms with E-state index in [0.29, 0.717) is 18.4 Å². The van der Waals surface area contributed by atoms with Gasteiger partial charge in [0.25, 0.3) is 0 Å². The summed E-state index contributed by atoms with van der Waals surface area (Å²) in [6.45, 7) is 9.46. The van der Waals surface area contributed by atoms with Crippen molar-refractivity contribution in [3.05, 3.63) is 11.6 Å². The second-order valence-corrected chi connectivity index (χ2v) is 10.2. The first-order valence-electron chi connectivity index (χ1n) is 10.4. The zero-order chi connectivity index (χ0) is 18.1. The maximum Gasteiger partial charge on any atom is 0.168 e. The van der Waals surface area contributed by atoms with E-state index in [1.54, 1.807) is 0 Å². The molecular weight excluding hydrogens is 312 g/mol. The van der Waals surface area contributed by atoms with Crippen LogP contribution in [-0.2, 0) is 4.74 Å². The molecule has 0 amide bonds. The van der Waals surface area contributed by atoms with Crippen LogP contribution in [0.15, 0.2) is 11.6 Å². The van der Waals surface area contributed by atoms with E-state index in [1.807, 2.05) is 13.8 Å². The number of fused-ring (bicyclic) bond motifs is 5. The van der Waals surface area contributed by atoms with Crippen LogP contribution >= 0.6 is 0 Å².